The minimum Gasteiger partial charge on any atom is -0.315 e. The molecular formula is C9H22FN3. The van der Waals surface area contributed by atoms with Gasteiger partial charge in [0.25, 0.3) is 0 Å². The average Bonchev–Trinajstić information content (AvgIpc) is 2.16. The second-order valence-electron chi connectivity index (χ2n) is 2.94. The predicted molar refractivity (Wildman–Crippen MR) is 54.9 cm³/mol. The summed E-state index contributed by atoms with van der Waals surface area (Å²) in [5, 5.41) is 9.53. The van der Waals surface area contributed by atoms with Crippen molar-refractivity contribution in [2.24, 2.45) is 0 Å². The van der Waals surface area contributed by atoms with Crippen LogP contribution in [0.4, 0.5) is 4.39 Å². The van der Waals surface area contributed by atoms with Crippen LogP contribution in [0.3, 0.4) is 0 Å². The summed E-state index contributed by atoms with van der Waals surface area (Å²) in [6, 6.07) is 0. The average molecular weight is 191 g/mol. The van der Waals surface area contributed by atoms with Crippen molar-refractivity contribution >= 4 is 0 Å². The Morgan fingerprint density at radius 2 is 1.23 bits per heavy atom. The van der Waals surface area contributed by atoms with Crippen LogP contribution < -0.4 is 16.0 Å². The first kappa shape index (κ1) is 12.8. The molecule has 0 spiro atoms. The van der Waals surface area contributed by atoms with Crippen molar-refractivity contribution in [1.82, 2.24) is 16.0 Å². The van der Waals surface area contributed by atoms with E-state index in [2.05, 4.69) is 22.9 Å². The normalized spacial score (nSPS) is 10.6. The maximum atomic E-state index is 11.6. The van der Waals surface area contributed by atoms with Crippen molar-refractivity contribution in [3.8, 4) is 0 Å². The number of hydrogen-bond donors (Lipinski definition) is 3. The highest BCUT2D eigenvalue weighted by Gasteiger charge is 1.87. The first-order chi connectivity index (χ1) is 6.41. The zero-order valence-corrected chi connectivity index (χ0v) is 8.53. The maximum absolute atomic E-state index is 11.6. The Bertz CT molecular complexity index is 80.9. The number of halogens is 1. The van der Waals surface area contributed by atoms with Crippen molar-refractivity contribution in [3.05, 3.63) is 0 Å². The summed E-state index contributed by atoms with van der Waals surface area (Å²) in [5.41, 5.74) is 0. The van der Waals surface area contributed by atoms with Crippen LogP contribution >= 0.6 is 0 Å². The molecule has 0 aliphatic carbocycles. The highest BCUT2D eigenvalue weighted by molar-refractivity contribution is 4.53. The van der Waals surface area contributed by atoms with Crippen LogP contribution in [-0.2, 0) is 0 Å². The zero-order valence-electron chi connectivity index (χ0n) is 8.53. The molecule has 0 fully saturated rings. The number of nitrogens with one attached hydrogen (secondary N) is 3. The van der Waals surface area contributed by atoms with E-state index in [4.69, 9.17) is 0 Å². The molecule has 0 bridgehead atoms. The molecule has 0 heterocycles. The van der Waals surface area contributed by atoms with Gasteiger partial charge in [-0.25, -0.2) is 4.39 Å². The molecule has 0 amide bonds. The summed E-state index contributed by atoms with van der Waals surface area (Å²) in [7, 11) is 0. The van der Waals surface area contributed by atoms with Gasteiger partial charge in [0.05, 0.1) is 0 Å². The van der Waals surface area contributed by atoms with E-state index in [-0.39, 0.29) is 6.67 Å². The van der Waals surface area contributed by atoms with E-state index in [1.165, 1.54) is 6.42 Å². The molecule has 0 saturated carbocycles. The molecule has 3 nitrogen and oxygen atoms in total. The highest BCUT2D eigenvalue weighted by Crippen LogP contribution is 1.68. The first-order valence-corrected chi connectivity index (χ1v) is 5.10. The second kappa shape index (κ2) is 11.8. The van der Waals surface area contributed by atoms with Crippen molar-refractivity contribution in [2.75, 3.05) is 45.9 Å². The molecule has 0 rings (SSSR count). The first-order valence-electron chi connectivity index (χ1n) is 5.10. The van der Waals surface area contributed by atoms with Gasteiger partial charge in [0.2, 0.25) is 0 Å². The van der Waals surface area contributed by atoms with Gasteiger partial charge in [-0.15, -0.1) is 0 Å². The fourth-order valence-electron chi connectivity index (χ4n) is 0.972. The quantitative estimate of drug-likeness (QED) is 0.430. The Morgan fingerprint density at radius 3 is 1.69 bits per heavy atom. The van der Waals surface area contributed by atoms with Crippen LogP contribution in [0.1, 0.15) is 13.3 Å². The Hall–Kier alpha value is -0.190. The minimum absolute atomic E-state index is 0.280. The van der Waals surface area contributed by atoms with Crippen molar-refractivity contribution in [3.63, 3.8) is 0 Å². The maximum Gasteiger partial charge on any atom is 0.102 e. The molecule has 0 aromatic rings. The van der Waals surface area contributed by atoms with E-state index in [0.717, 1.165) is 32.7 Å². The molecule has 80 valence electrons. The van der Waals surface area contributed by atoms with E-state index in [1.54, 1.807) is 0 Å². The summed E-state index contributed by atoms with van der Waals surface area (Å²) in [6.45, 7) is 7.18. The molecule has 0 saturated heterocycles. The SMILES string of the molecule is CCCNCCNCCNCCF. The number of alkyl halides is 1. The van der Waals surface area contributed by atoms with Gasteiger partial charge in [-0.1, -0.05) is 6.92 Å². The molecule has 0 aromatic carbocycles. The molecule has 0 aliphatic rings. The third kappa shape index (κ3) is 11.8. The zero-order chi connectivity index (χ0) is 9.78. The van der Waals surface area contributed by atoms with E-state index >= 15 is 0 Å². The number of rotatable bonds is 10. The fraction of sp³-hybridized carbons (Fsp3) is 1.00. The molecular weight excluding hydrogens is 169 g/mol. The van der Waals surface area contributed by atoms with Gasteiger partial charge >= 0.3 is 0 Å². The smallest absolute Gasteiger partial charge is 0.102 e. The molecule has 4 heteroatoms. The summed E-state index contributed by atoms with van der Waals surface area (Å²) in [6.07, 6.45) is 1.18. The van der Waals surface area contributed by atoms with Crippen molar-refractivity contribution < 1.29 is 4.39 Å². The lowest BCUT2D eigenvalue weighted by Crippen LogP contribution is -2.33. The lowest BCUT2D eigenvalue weighted by molar-refractivity contribution is 0.464. The van der Waals surface area contributed by atoms with Crippen molar-refractivity contribution in [1.29, 1.82) is 0 Å². The van der Waals surface area contributed by atoms with Crippen LogP contribution in [0, 0.1) is 0 Å². The summed E-state index contributed by atoms with van der Waals surface area (Å²) in [4.78, 5) is 0. The van der Waals surface area contributed by atoms with Crippen LogP contribution in [0.25, 0.3) is 0 Å². The van der Waals surface area contributed by atoms with Gasteiger partial charge < -0.3 is 16.0 Å². The van der Waals surface area contributed by atoms with E-state index in [9.17, 15) is 4.39 Å². The largest absolute Gasteiger partial charge is 0.315 e. The number of hydrogen-bond acceptors (Lipinski definition) is 3. The summed E-state index contributed by atoms with van der Waals surface area (Å²) in [5.74, 6) is 0. The summed E-state index contributed by atoms with van der Waals surface area (Å²) >= 11 is 0. The monoisotopic (exact) mass is 191 g/mol. The van der Waals surface area contributed by atoms with Crippen LogP contribution in [0.5, 0.6) is 0 Å². The topological polar surface area (TPSA) is 36.1 Å². The van der Waals surface area contributed by atoms with E-state index in [1.807, 2.05) is 0 Å². The lowest BCUT2D eigenvalue weighted by atomic mass is 10.4. The van der Waals surface area contributed by atoms with E-state index < -0.39 is 0 Å². The Morgan fingerprint density at radius 1 is 0.769 bits per heavy atom. The molecule has 0 radical (unpaired) electrons. The minimum atomic E-state index is -0.280. The Labute approximate surface area is 80.5 Å². The third-order valence-corrected chi connectivity index (χ3v) is 1.66. The van der Waals surface area contributed by atoms with Crippen LogP contribution in [-0.4, -0.2) is 45.9 Å². The highest BCUT2D eigenvalue weighted by atomic mass is 19.1. The molecule has 0 aliphatic heterocycles. The van der Waals surface area contributed by atoms with E-state index in [0.29, 0.717) is 6.54 Å². The molecule has 0 aromatic heterocycles. The Kier molecular flexibility index (Phi) is 11.6. The van der Waals surface area contributed by atoms with Gasteiger partial charge in [-0.3, -0.25) is 0 Å². The van der Waals surface area contributed by atoms with Gasteiger partial charge in [-0.2, -0.15) is 0 Å². The van der Waals surface area contributed by atoms with Crippen LogP contribution in [0.15, 0.2) is 0 Å². The third-order valence-electron chi connectivity index (χ3n) is 1.66. The van der Waals surface area contributed by atoms with Crippen molar-refractivity contribution in [2.45, 2.75) is 13.3 Å². The molecule has 3 N–H and O–H groups in total. The standard InChI is InChI=1S/C9H22FN3/c1-2-4-11-6-8-13-9-7-12-5-3-10/h11-13H,2-9H2,1H3. The fourth-order valence-corrected chi connectivity index (χ4v) is 0.972. The van der Waals surface area contributed by atoms with Gasteiger partial charge in [0.15, 0.2) is 0 Å². The lowest BCUT2D eigenvalue weighted by Gasteiger charge is -2.05. The Balaban J connectivity index is 2.76. The predicted octanol–water partition coefficient (Wildman–Crippen LogP) is 0.135. The second-order valence-corrected chi connectivity index (χ2v) is 2.94. The van der Waals surface area contributed by atoms with Gasteiger partial charge in [0, 0.05) is 32.7 Å². The molecule has 13 heavy (non-hydrogen) atoms. The van der Waals surface area contributed by atoms with Gasteiger partial charge in [0.1, 0.15) is 6.67 Å². The summed E-state index contributed by atoms with van der Waals surface area (Å²) < 4.78 is 11.6. The molecule has 0 atom stereocenters. The molecule has 0 unspecified atom stereocenters. The van der Waals surface area contributed by atoms with Crippen LogP contribution in [0.2, 0.25) is 0 Å². The van der Waals surface area contributed by atoms with Gasteiger partial charge in [-0.05, 0) is 13.0 Å².